The van der Waals surface area contributed by atoms with Gasteiger partial charge in [-0.3, -0.25) is 4.79 Å². The zero-order valence-corrected chi connectivity index (χ0v) is 9.39. The van der Waals surface area contributed by atoms with Gasteiger partial charge in [-0.25, -0.2) is 0 Å². The van der Waals surface area contributed by atoms with Crippen LogP contribution in [0.5, 0.6) is 0 Å². The molecule has 0 spiro atoms. The van der Waals surface area contributed by atoms with E-state index in [4.69, 9.17) is 5.73 Å². The summed E-state index contributed by atoms with van der Waals surface area (Å²) >= 11 is 0. The van der Waals surface area contributed by atoms with Gasteiger partial charge in [-0.05, 0) is 18.1 Å². The van der Waals surface area contributed by atoms with Crippen LogP contribution < -0.4 is 5.73 Å². The third-order valence-corrected chi connectivity index (χ3v) is 2.80. The quantitative estimate of drug-likeness (QED) is 0.775. The average molecular weight is 216 g/mol. The van der Waals surface area contributed by atoms with Crippen LogP contribution in [0.3, 0.4) is 0 Å². The van der Waals surface area contributed by atoms with E-state index < -0.39 is 0 Å². The Kier molecular flexibility index (Phi) is 3.06. The second-order valence-electron chi connectivity index (χ2n) is 4.04. The average Bonchev–Trinajstić information content (AvgIpc) is 2.29. The third-order valence-electron chi connectivity index (χ3n) is 2.80. The molecule has 1 aliphatic rings. The predicted molar refractivity (Wildman–Crippen MR) is 64.4 cm³/mol. The van der Waals surface area contributed by atoms with E-state index >= 15 is 0 Å². The summed E-state index contributed by atoms with van der Waals surface area (Å²) in [5, 5.41) is 0. The van der Waals surface area contributed by atoms with Crippen molar-refractivity contribution in [2.75, 3.05) is 6.54 Å². The van der Waals surface area contributed by atoms with Crippen LogP contribution in [0.2, 0.25) is 0 Å². The first-order valence-electron chi connectivity index (χ1n) is 5.49. The number of carbonyl (C=O) groups is 1. The van der Waals surface area contributed by atoms with Crippen LogP contribution in [0.1, 0.15) is 18.9 Å². The monoisotopic (exact) mass is 216 g/mol. The Morgan fingerprint density at radius 1 is 1.38 bits per heavy atom. The predicted octanol–water partition coefficient (Wildman–Crippen LogP) is 1.61. The van der Waals surface area contributed by atoms with Crippen LogP contribution in [-0.4, -0.2) is 23.4 Å². The molecule has 0 aliphatic carbocycles. The SMILES string of the molecule is CC(=O)N1CC[C@H](N)C=C1c1ccccc1. The molecule has 2 rings (SSSR count). The molecule has 1 aromatic rings. The Morgan fingerprint density at radius 2 is 2.06 bits per heavy atom. The molecule has 1 amide bonds. The molecule has 0 fully saturated rings. The Morgan fingerprint density at radius 3 is 2.69 bits per heavy atom. The van der Waals surface area contributed by atoms with Gasteiger partial charge in [-0.15, -0.1) is 0 Å². The topological polar surface area (TPSA) is 46.3 Å². The minimum Gasteiger partial charge on any atom is -0.324 e. The van der Waals surface area contributed by atoms with E-state index in [2.05, 4.69) is 0 Å². The molecule has 0 unspecified atom stereocenters. The molecule has 0 saturated heterocycles. The number of nitrogens with zero attached hydrogens (tertiary/aromatic N) is 1. The molecule has 0 bridgehead atoms. The highest BCUT2D eigenvalue weighted by Crippen LogP contribution is 2.24. The summed E-state index contributed by atoms with van der Waals surface area (Å²) in [7, 11) is 0. The van der Waals surface area contributed by atoms with Gasteiger partial charge in [0.1, 0.15) is 0 Å². The second kappa shape index (κ2) is 4.49. The lowest BCUT2D eigenvalue weighted by molar-refractivity contribution is -0.125. The second-order valence-corrected chi connectivity index (χ2v) is 4.04. The number of rotatable bonds is 1. The van der Waals surface area contributed by atoms with Crippen LogP contribution >= 0.6 is 0 Å². The first kappa shape index (κ1) is 10.9. The van der Waals surface area contributed by atoms with E-state index in [0.29, 0.717) is 6.54 Å². The van der Waals surface area contributed by atoms with Gasteiger partial charge in [0.25, 0.3) is 0 Å². The molecule has 84 valence electrons. The smallest absolute Gasteiger partial charge is 0.223 e. The van der Waals surface area contributed by atoms with Crippen molar-refractivity contribution < 1.29 is 4.79 Å². The van der Waals surface area contributed by atoms with Gasteiger partial charge in [0.2, 0.25) is 5.91 Å². The molecular weight excluding hydrogens is 200 g/mol. The maximum atomic E-state index is 11.5. The van der Waals surface area contributed by atoms with Gasteiger partial charge >= 0.3 is 0 Å². The van der Waals surface area contributed by atoms with Crippen LogP contribution in [0.25, 0.3) is 5.70 Å². The van der Waals surface area contributed by atoms with Crippen LogP contribution in [-0.2, 0) is 4.79 Å². The van der Waals surface area contributed by atoms with Crippen LogP contribution in [0, 0.1) is 0 Å². The minimum atomic E-state index is 0.0470. The van der Waals surface area contributed by atoms with Crippen LogP contribution in [0.4, 0.5) is 0 Å². The number of benzene rings is 1. The van der Waals surface area contributed by atoms with Crippen molar-refractivity contribution in [2.45, 2.75) is 19.4 Å². The van der Waals surface area contributed by atoms with Gasteiger partial charge in [-0.2, -0.15) is 0 Å². The van der Waals surface area contributed by atoms with Crippen molar-refractivity contribution in [1.29, 1.82) is 0 Å². The largest absolute Gasteiger partial charge is 0.324 e. The van der Waals surface area contributed by atoms with E-state index in [0.717, 1.165) is 17.7 Å². The van der Waals surface area contributed by atoms with Crippen molar-refractivity contribution in [3.8, 4) is 0 Å². The van der Waals surface area contributed by atoms with E-state index in [-0.39, 0.29) is 11.9 Å². The van der Waals surface area contributed by atoms with Gasteiger partial charge in [-0.1, -0.05) is 30.3 Å². The van der Waals surface area contributed by atoms with E-state index in [9.17, 15) is 4.79 Å². The van der Waals surface area contributed by atoms with E-state index in [1.54, 1.807) is 11.8 Å². The molecule has 0 saturated carbocycles. The summed E-state index contributed by atoms with van der Waals surface area (Å²) in [4.78, 5) is 13.3. The van der Waals surface area contributed by atoms with Gasteiger partial charge in [0.05, 0.1) is 0 Å². The maximum absolute atomic E-state index is 11.5. The summed E-state index contributed by atoms with van der Waals surface area (Å²) in [6, 6.07) is 9.94. The highest BCUT2D eigenvalue weighted by Gasteiger charge is 2.21. The van der Waals surface area contributed by atoms with Gasteiger partial charge in [0.15, 0.2) is 0 Å². The molecule has 1 aromatic carbocycles. The van der Waals surface area contributed by atoms with Crippen molar-refractivity contribution in [3.05, 3.63) is 42.0 Å². The highest BCUT2D eigenvalue weighted by molar-refractivity contribution is 5.85. The van der Waals surface area contributed by atoms with Gasteiger partial charge in [0, 0.05) is 25.2 Å². The highest BCUT2D eigenvalue weighted by atomic mass is 16.2. The summed E-state index contributed by atoms with van der Waals surface area (Å²) in [5.74, 6) is 0.0713. The normalized spacial score (nSPS) is 20.5. The standard InChI is InChI=1S/C13H16N2O/c1-10(16)15-8-7-12(14)9-13(15)11-5-3-2-4-6-11/h2-6,9,12H,7-8,14H2,1H3/t12-/m0/s1. The molecule has 1 atom stereocenters. The summed E-state index contributed by atoms with van der Waals surface area (Å²) < 4.78 is 0. The molecular formula is C13H16N2O. The van der Waals surface area contributed by atoms with Crippen LogP contribution in [0.15, 0.2) is 36.4 Å². The molecule has 0 aromatic heterocycles. The Balaban J connectivity index is 2.38. The lowest BCUT2D eigenvalue weighted by Crippen LogP contribution is -2.37. The van der Waals surface area contributed by atoms with E-state index in [1.807, 2.05) is 36.4 Å². The summed E-state index contributed by atoms with van der Waals surface area (Å²) in [5.41, 5.74) is 7.90. The summed E-state index contributed by atoms with van der Waals surface area (Å²) in [6.07, 6.45) is 2.80. The molecule has 1 heterocycles. The van der Waals surface area contributed by atoms with Crippen molar-refractivity contribution >= 4 is 11.6 Å². The molecule has 16 heavy (non-hydrogen) atoms. The fourth-order valence-corrected chi connectivity index (χ4v) is 1.96. The Hall–Kier alpha value is -1.61. The Bertz CT molecular complexity index is 411. The minimum absolute atomic E-state index is 0.0470. The first-order valence-corrected chi connectivity index (χ1v) is 5.49. The fourth-order valence-electron chi connectivity index (χ4n) is 1.96. The lowest BCUT2D eigenvalue weighted by atomic mass is 10.0. The van der Waals surface area contributed by atoms with Crippen molar-refractivity contribution in [2.24, 2.45) is 5.73 Å². The van der Waals surface area contributed by atoms with Crippen molar-refractivity contribution in [3.63, 3.8) is 0 Å². The zero-order chi connectivity index (χ0) is 11.5. The summed E-state index contributed by atoms with van der Waals surface area (Å²) in [6.45, 7) is 2.30. The van der Waals surface area contributed by atoms with Gasteiger partial charge < -0.3 is 10.6 Å². The number of amides is 1. The zero-order valence-electron chi connectivity index (χ0n) is 9.39. The molecule has 3 nitrogen and oxygen atoms in total. The van der Waals surface area contributed by atoms with E-state index in [1.165, 1.54) is 0 Å². The molecule has 0 radical (unpaired) electrons. The number of carbonyl (C=O) groups excluding carboxylic acids is 1. The van der Waals surface area contributed by atoms with Crippen molar-refractivity contribution in [1.82, 2.24) is 4.90 Å². The fraction of sp³-hybridized carbons (Fsp3) is 0.308. The number of nitrogens with two attached hydrogens (primary N) is 1. The molecule has 2 N–H and O–H groups in total. The maximum Gasteiger partial charge on any atom is 0.223 e. The number of hydrogen-bond acceptors (Lipinski definition) is 2. The Labute approximate surface area is 95.6 Å². The molecule has 3 heteroatoms. The lowest BCUT2D eigenvalue weighted by Gasteiger charge is -2.30. The number of hydrogen-bond donors (Lipinski definition) is 1. The third kappa shape index (κ3) is 2.14. The first-order chi connectivity index (χ1) is 7.68. The molecule has 1 aliphatic heterocycles.